The van der Waals surface area contributed by atoms with E-state index in [0.29, 0.717) is 30.8 Å². The molecule has 0 aliphatic carbocycles. The topological polar surface area (TPSA) is 66.5 Å². The van der Waals surface area contributed by atoms with Gasteiger partial charge in [0.1, 0.15) is 0 Å². The molecule has 1 saturated heterocycles. The second-order valence-corrected chi connectivity index (χ2v) is 10.6. The molecule has 156 valence electrons. The van der Waals surface area contributed by atoms with Crippen molar-refractivity contribution in [1.82, 2.24) is 9.62 Å². The van der Waals surface area contributed by atoms with Gasteiger partial charge in [0.15, 0.2) is 0 Å². The summed E-state index contributed by atoms with van der Waals surface area (Å²) in [7, 11) is -3.53. The van der Waals surface area contributed by atoms with Crippen molar-refractivity contribution in [3.05, 3.63) is 63.6 Å². The van der Waals surface area contributed by atoms with Gasteiger partial charge in [-0.1, -0.05) is 45.8 Å². The Kier molecular flexibility index (Phi) is 6.81. The Morgan fingerprint density at radius 2 is 1.72 bits per heavy atom. The Balaban J connectivity index is 1.60. The average molecular weight is 479 g/mol. The highest BCUT2D eigenvalue weighted by Gasteiger charge is 2.33. The number of piperidine rings is 1. The fourth-order valence-corrected chi connectivity index (χ4v) is 5.69. The van der Waals surface area contributed by atoms with E-state index in [0.717, 1.165) is 21.2 Å². The van der Waals surface area contributed by atoms with Gasteiger partial charge in [-0.2, -0.15) is 4.31 Å². The minimum absolute atomic E-state index is 0.0102. The molecule has 0 saturated carbocycles. The quantitative estimate of drug-likeness (QED) is 0.694. The van der Waals surface area contributed by atoms with E-state index in [1.165, 1.54) is 4.31 Å². The number of carbonyl (C=O) groups excluding carboxylic acids is 1. The van der Waals surface area contributed by atoms with Crippen LogP contribution < -0.4 is 5.32 Å². The summed E-state index contributed by atoms with van der Waals surface area (Å²) in [5.74, 6) is -0.178. The van der Waals surface area contributed by atoms with Crippen LogP contribution in [0.1, 0.15) is 42.5 Å². The van der Waals surface area contributed by atoms with E-state index in [9.17, 15) is 13.2 Å². The number of benzene rings is 2. The SMILES string of the molecule is Cc1ccc(S(=O)(=O)N2CCC(C(=O)NC(C)c3ccc(Br)cc3)CC2)c(C)c1. The first-order chi connectivity index (χ1) is 13.7. The minimum Gasteiger partial charge on any atom is -0.349 e. The molecule has 0 radical (unpaired) electrons. The third-order valence-corrected chi connectivity index (χ3v) is 8.09. The summed E-state index contributed by atoms with van der Waals surface area (Å²) >= 11 is 3.41. The third kappa shape index (κ3) is 5.08. The first-order valence-corrected chi connectivity index (χ1v) is 12.0. The van der Waals surface area contributed by atoms with Crippen LogP contribution in [0.5, 0.6) is 0 Å². The Hall–Kier alpha value is -1.70. The number of aryl methyl sites for hydroxylation is 2. The van der Waals surface area contributed by atoms with E-state index >= 15 is 0 Å². The van der Waals surface area contributed by atoms with Crippen molar-refractivity contribution >= 4 is 31.9 Å². The van der Waals surface area contributed by atoms with Gasteiger partial charge in [-0.3, -0.25) is 4.79 Å². The van der Waals surface area contributed by atoms with Gasteiger partial charge in [-0.15, -0.1) is 0 Å². The van der Waals surface area contributed by atoms with E-state index in [1.807, 2.05) is 57.2 Å². The number of rotatable bonds is 5. The van der Waals surface area contributed by atoms with Crippen LogP contribution in [0.3, 0.4) is 0 Å². The molecule has 2 aromatic rings. The monoisotopic (exact) mass is 478 g/mol. The summed E-state index contributed by atoms with van der Waals surface area (Å²) in [6.07, 6.45) is 1.06. The molecule has 5 nitrogen and oxygen atoms in total. The van der Waals surface area contributed by atoms with E-state index in [-0.39, 0.29) is 17.9 Å². The standard InChI is InChI=1S/C22H27BrN2O3S/c1-15-4-9-21(16(2)14-15)29(27,28)25-12-10-19(11-13-25)22(26)24-17(3)18-5-7-20(23)8-6-18/h4-9,14,17,19H,10-13H2,1-3H3,(H,24,26). The van der Waals surface area contributed by atoms with Crippen molar-refractivity contribution in [2.75, 3.05) is 13.1 Å². The largest absolute Gasteiger partial charge is 0.349 e. The van der Waals surface area contributed by atoms with Crippen molar-refractivity contribution in [3.8, 4) is 0 Å². The van der Waals surface area contributed by atoms with Crippen LogP contribution in [0.4, 0.5) is 0 Å². The minimum atomic E-state index is -3.53. The highest BCUT2D eigenvalue weighted by Crippen LogP contribution is 2.27. The molecule has 0 aromatic heterocycles. The molecule has 1 amide bonds. The first kappa shape index (κ1) is 22.0. The lowest BCUT2D eigenvalue weighted by Gasteiger charge is -2.31. The zero-order valence-corrected chi connectivity index (χ0v) is 19.4. The number of sulfonamides is 1. The molecule has 1 atom stereocenters. The molecule has 1 heterocycles. The molecule has 0 spiro atoms. The normalized spacial score (nSPS) is 17.1. The third-order valence-electron chi connectivity index (χ3n) is 5.50. The van der Waals surface area contributed by atoms with E-state index in [2.05, 4.69) is 21.2 Å². The molecule has 29 heavy (non-hydrogen) atoms. The van der Waals surface area contributed by atoms with Crippen molar-refractivity contribution in [2.45, 2.75) is 44.6 Å². The van der Waals surface area contributed by atoms with Crippen LogP contribution in [0, 0.1) is 19.8 Å². The highest BCUT2D eigenvalue weighted by atomic mass is 79.9. The van der Waals surface area contributed by atoms with Gasteiger partial charge >= 0.3 is 0 Å². The molecule has 1 fully saturated rings. The summed E-state index contributed by atoms with van der Waals surface area (Å²) in [4.78, 5) is 13.0. The summed E-state index contributed by atoms with van der Waals surface area (Å²) in [5, 5.41) is 3.06. The Morgan fingerprint density at radius 1 is 1.10 bits per heavy atom. The predicted octanol–water partition coefficient (Wildman–Crippen LogP) is 4.34. The predicted molar refractivity (Wildman–Crippen MR) is 118 cm³/mol. The number of hydrogen-bond acceptors (Lipinski definition) is 3. The average Bonchev–Trinajstić information content (AvgIpc) is 2.68. The second-order valence-electron chi connectivity index (χ2n) is 7.73. The molecular formula is C22H27BrN2O3S. The van der Waals surface area contributed by atoms with Crippen molar-refractivity contribution < 1.29 is 13.2 Å². The summed E-state index contributed by atoms with van der Waals surface area (Å²) < 4.78 is 28.5. The lowest BCUT2D eigenvalue weighted by atomic mass is 9.96. The van der Waals surface area contributed by atoms with Gasteiger partial charge in [-0.25, -0.2) is 8.42 Å². The lowest BCUT2D eigenvalue weighted by Crippen LogP contribution is -2.43. The van der Waals surface area contributed by atoms with Gasteiger partial charge in [0.05, 0.1) is 10.9 Å². The Morgan fingerprint density at radius 3 is 2.31 bits per heavy atom. The zero-order chi connectivity index (χ0) is 21.2. The number of halogens is 1. The van der Waals surface area contributed by atoms with Crippen LogP contribution in [0.15, 0.2) is 51.8 Å². The molecule has 0 bridgehead atoms. The van der Waals surface area contributed by atoms with Crippen LogP contribution in [-0.4, -0.2) is 31.7 Å². The number of amides is 1. The smallest absolute Gasteiger partial charge is 0.243 e. The van der Waals surface area contributed by atoms with Crippen LogP contribution >= 0.6 is 15.9 Å². The molecule has 1 N–H and O–H groups in total. The molecule has 2 aromatic carbocycles. The molecule has 1 unspecified atom stereocenters. The number of nitrogens with one attached hydrogen (secondary N) is 1. The van der Waals surface area contributed by atoms with Crippen molar-refractivity contribution in [1.29, 1.82) is 0 Å². The molecule has 1 aliphatic heterocycles. The summed E-state index contributed by atoms with van der Waals surface area (Å²) in [5.41, 5.74) is 2.83. The Bertz CT molecular complexity index is 982. The van der Waals surface area contributed by atoms with E-state index in [4.69, 9.17) is 0 Å². The van der Waals surface area contributed by atoms with Gasteiger partial charge in [0.25, 0.3) is 0 Å². The molecular weight excluding hydrogens is 452 g/mol. The van der Waals surface area contributed by atoms with Crippen LogP contribution in [-0.2, 0) is 14.8 Å². The number of nitrogens with zero attached hydrogens (tertiary/aromatic N) is 1. The van der Waals surface area contributed by atoms with E-state index in [1.54, 1.807) is 6.07 Å². The fraction of sp³-hybridized carbons (Fsp3) is 0.409. The first-order valence-electron chi connectivity index (χ1n) is 9.81. The highest BCUT2D eigenvalue weighted by molar-refractivity contribution is 9.10. The maximum absolute atomic E-state index is 13.0. The molecule has 1 aliphatic rings. The molecule has 3 rings (SSSR count). The Labute approximate surface area is 181 Å². The summed E-state index contributed by atoms with van der Waals surface area (Å²) in [6, 6.07) is 13.2. The molecule has 7 heteroatoms. The van der Waals surface area contributed by atoms with Gasteiger partial charge < -0.3 is 5.32 Å². The number of hydrogen-bond donors (Lipinski definition) is 1. The lowest BCUT2D eigenvalue weighted by molar-refractivity contribution is -0.126. The van der Waals surface area contributed by atoms with Gasteiger partial charge in [-0.05, 0) is 62.9 Å². The van der Waals surface area contributed by atoms with E-state index < -0.39 is 10.0 Å². The second kappa shape index (κ2) is 8.98. The fourth-order valence-electron chi connectivity index (χ4n) is 3.75. The number of carbonyl (C=O) groups is 1. The van der Waals surface area contributed by atoms with Crippen molar-refractivity contribution in [3.63, 3.8) is 0 Å². The summed E-state index contributed by atoms with van der Waals surface area (Å²) in [6.45, 7) is 6.45. The van der Waals surface area contributed by atoms with Gasteiger partial charge in [0.2, 0.25) is 15.9 Å². The maximum atomic E-state index is 13.0. The van der Waals surface area contributed by atoms with Gasteiger partial charge in [0, 0.05) is 23.5 Å². The van der Waals surface area contributed by atoms with Crippen molar-refractivity contribution in [2.24, 2.45) is 5.92 Å². The maximum Gasteiger partial charge on any atom is 0.243 e. The zero-order valence-electron chi connectivity index (χ0n) is 17.0. The van der Waals surface area contributed by atoms with Crippen LogP contribution in [0.25, 0.3) is 0 Å². The van der Waals surface area contributed by atoms with Crippen LogP contribution in [0.2, 0.25) is 0 Å².